The Morgan fingerprint density at radius 2 is 1.83 bits per heavy atom. The van der Waals surface area contributed by atoms with Crippen LogP contribution in [-0.2, 0) is 4.74 Å². The predicted molar refractivity (Wildman–Crippen MR) is 52.2 cm³/mol. The van der Waals surface area contributed by atoms with Crippen molar-refractivity contribution >= 4 is 0 Å². The maximum Gasteiger partial charge on any atom is 0.0467 e. The molecule has 1 aliphatic carbocycles. The fourth-order valence-corrected chi connectivity index (χ4v) is 2.28. The van der Waals surface area contributed by atoms with Crippen molar-refractivity contribution in [2.24, 2.45) is 11.3 Å². The summed E-state index contributed by atoms with van der Waals surface area (Å²) in [6.07, 6.45) is 6.99. The highest BCUT2D eigenvalue weighted by Gasteiger charge is 2.30. The molecule has 0 radical (unpaired) electrons. The van der Waals surface area contributed by atoms with Crippen molar-refractivity contribution in [1.29, 1.82) is 0 Å². The summed E-state index contributed by atoms with van der Waals surface area (Å²) in [5, 5.41) is 0. The van der Waals surface area contributed by atoms with Crippen LogP contribution in [0.25, 0.3) is 0 Å². The summed E-state index contributed by atoms with van der Waals surface area (Å²) in [6.45, 7) is 5.70. The summed E-state index contributed by atoms with van der Waals surface area (Å²) in [6, 6.07) is 0. The molecule has 1 heteroatoms. The van der Waals surface area contributed by atoms with Crippen LogP contribution in [0.1, 0.15) is 46.0 Å². The van der Waals surface area contributed by atoms with Crippen molar-refractivity contribution in [3.05, 3.63) is 0 Å². The van der Waals surface area contributed by atoms with Crippen LogP contribution in [0.15, 0.2) is 0 Å². The van der Waals surface area contributed by atoms with Crippen LogP contribution < -0.4 is 0 Å². The van der Waals surface area contributed by atoms with Crippen molar-refractivity contribution in [2.75, 3.05) is 13.7 Å². The molecule has 72 valence electrons. The molecule has 0 amide bonds. The molecule has 1 fully saturated rings. The fourth-order valence-electron chi connectivity index (χ4n) is 2.28. The van der Waals surface area contributed by atoms with Gasteiger partial charge in [0.05, 0.1) is 0 Å². The Balaban J connectivity index is 2.34. The molecule has 0 unspecified atom stereocenters. The van der Waals surface area contributed by atoms with Gasteiger partial charge in [0, 0.05) is 13.7 Å². The number of ether oxygens (including phenoxy) is 1. The maximum atomic E-state index is 5.14. The monoisotopic (exact) mass is 170 g/mol. The van der Waals surface area contributed by atoms with Crippen LogP contribution in [-0.4, -0.2) is 13.7 Å². The van der Waals surface area contributed by atoms with Crippen LogP contribution >= 0.6 is 0 Å². The molecule has 0 aromatic heterocycles. The molecular formula is C11H22O. The minimum Gasteiger partial charge on any atom is -0.385 e. The molecule has 0 aromatic rings. The van der Waals surface area contributed by atoms with Gasteiger partial charge in [-0.15, -0.1) is 0 Å². The molecule has 1 saturated carbocycles. The van der Waals surface area contributed by atoms with E-state index in [1.165, 1.54) is 32.1 Å². The standard InChI is InChI=1S/C11H22O/c1-11(2,8-9-12-3)10-6-4-5-7-10/h10H,4-9H2,1-3H3. The number of rotatable bonds is 4. The van der Waals surface area contributed by atoms with Crippen LogP contribution in [0.5, 0.6) is 0 Å². The molecule has 0 atom stereocenters. The largest absolute Gasteiger partial charge is 0.385 e. The lowest BCUT2D eigenvalue weighted by Crippen LogP contribution is -2.23. The zero-order valence-corrected chi connectivity index (χ0v) is 8.73. The average molecular weight is 170 g/mol. The first-order chi connectivity index (χ1) is 5.67. The molecule has 0 spiro atoms. The van der Waals surface area contributed by atoms with Crippen molar-refractivity contribution in [2.45, 2.75) is 46.0 Å². The van der Waals surface area contributed by atoms with Gasteiger partial charge in [0.25, 0.3) is 0 Å². The SMILES string of the molecule is COCCC(C)(C)C1CCCC1. The van der Waals surface area contributed by atoms with E-state index in [1.807, 2.05) is 0 Å². The van der Waals surface area contributed by atoms with Gasteiger partial charge < -0.3 is 4.74 Å². The summed E-state index contributed by atoms with van der Waals surface area (Å²) in [5.74, 6) is 0.952. The van der Waals surface area contributed by atoms with Gasteiger partial charge in [-0.05, 0) is 30.6 Å². The van der Waals surface area contributed by atoms with E-state index in [0.29, 0.717) is 5.41 Å². The second kappa shape index (κ2) is 4.27. The molecule has 1 aliphatic rings. The Kier molecular flexibility index (Phi) is 3.57. The van der Waals surface area contributed by atoms with Crippen molar-refractivity contribution in [3.8, 4) is 0 Å². The van der Waals surface area contributed by atoms with Crippen LogP contribution in [0.4, 0.5) is 0 Å². The van der Waals surface area contributed by atoms with E-state index in [0.717, 1.165) is 12.5 Å². The molecule has 12 heavy (non-hydrogen) atoms. The number of hydrogen-bond acceptors (Lipinski definition) is 1. The van der Waals surface area contributed by atoms with E-state index in [1.54, 1.807) is 7.11 Å². The summed E-state index contributed by atoms with van der Waals surface area (Å²) in [4.78, 5) is 0. The molecular weight excluding hydrogens is 148 g/mol. The van der Waals surface area contributed by atoms with Gasteiger partial charge >= 0.3 is 0 Å². The van der Waals surface area contributed by atoms with Gasteiger partial charge in [-0.1, -0.05) is 26.7 Å². The highest BCUT2D eigenvalue weighted by molar-refractivity contribution is 4.81. The van der Waals surface area contributed by atoms with Crippen LogP contribution in [0.3, 0.4) is 0 Å². The number of hydrogen-bond donors (Lipinski definition) is 0. The third kappa shape index (κ3) is 2.48. The van der Waals surface area contributed by atoms with E-state index in [-0.39, 0.29) is 0 Å². The van der Waals surface area contributed by atoms with Gasteiger partial charge in [0.15, 0.2) is 0 Å². The lowest BCUT2D eigenvalue weighted by molar-refractivity contribution is 0.115. The summed E-state index contributed by atoms with van der Waals surface area (Å²) in [5.41, 5.74) is 0.506. The first-order valence-electron chi connectivity index (χ1n) is 5.16. The topological polar surface area (TPSA) is 9.23 Å². The smallest absolute Gasteiger partial charge is 0.0467 e. The van der Waals surface area contributed by atoms with Gasteiger partial charge in [-0.2, -0.15) is 0 Å². The van der Waals surface area contributed by atoms with Gasteiger partial charge in [-0.25, -0.2) is 0 Å². The lowest BCUT2D eigenvalue weighted by atomic mass is 9.75. The van der Waals surface area contributed by atoms with E-state index >= 15 is 0 Å². The molecule has 0 aliphatic heterocycles. The minimum absolute atomic E-state index is 0.506. The van der Waals surface area contributed by atoms with Gasteiger partial charge in [0.1, 0.15) is 0 Å². The summed E-state index contributed by atoms with van der Waals surface area (Å²) in [7, 11) is 1.80. The molecule has 0 aromatic carbocycles. The Bertz CT molecular complexity index is 123. The first kappa shape index (κ1) is 10.0. The molecule has 0 heterocycles. The number of methoxy groups -OCH3 is 1. The predicted octanol–water partition coefficient (Wildman–Crippen LogP) is 3.24. The maximum absolute atomic E-state index is 5.14. The van der Waals surface area contributed by atoms with Crippen molar-refractivity contribution < 1.29 is 4.74 Å². The second-order valence-corrected chi connectivity index (χ2v) is 4.71. The highest BCUT2D eigenvalue weighted by atomic mass is 16.5. The quantitative estimate of drug-likeness (QED) is 0.629. The third-order valence-electron chi connectivity index (χ3n) is 3.41. The van der Waals surface area contributed by atoms with Crippen LogP contribution in [0, 0.1) is 11.3 Å². The average Bonchev–Trinajstić information content (AvgIpc) is 2.53. The van der Waals surface area contributed by atoms with E-state index in [2.05, 4.69) is 13.8 Å². The van der Waals surface area contributed by atoms with Crippen molar-refractivity contribution in [3.63, 3.8) is 0 Å². The normalized spacial score (nSPS) is 20.2. The molecule has 1 nitrogen and oxygen atoms in total. The lowest BCUT2D eigenvalue weighted by Gasteiger charge is -2.31. The Morgan fingerprint density at radius 3 is 2.33 bits per heavy atom. The van der Waals surface area contributed by atoms with Gasteiger partial charge in [-0.3, -0.25) is 0 Å². The van der Waals surface area contributed by atoms with E-state index < -0.39 is 0 Å². The molecule has 0 bridgehead atoms. The minimum atomic E-state index is 0.506. The zero-order chi connectivity index (χ0) is 9.03. The fraction of sp³-hybridized carbons (Fsp3) is 1.00. The Hall–Kier alpha value is -0.0400. The van der Waals surface area contributed by atoms with E-state index in [9.17, 15) is 0 Å². The van der Waals surface area contributed by atoms with Crippen molar-refractivity contribution in [1.82, 2.24) is 0 Å². The third-order valence-corrected chi connectivity index (χ3v) is 3.41. The highest BCUT2D eigenvalue weighted by Crippen LogP contribution is 2.41. The Labute approximate surface area is 76.5 Å². The molecule has 0 N–H and O–H groups in total. The van der Waals surface area contributed by atoms with E-state index in [4.69, 9.17) is 4.74 Å². The first-order valence-corrected chi connectivity index (χ1v) is 5.16. The summed E-state index contributed by atoms with van der Waals surface area (Å²) < 4.78 is 5.14. The zero-order valence-electron chi connectivity index (χ0n) is 8.73. The molecule has 0 saturated heterocycles. The molecule has 1 rings (SSSR count). The second-order valence-electron chi connectivity index (χ2n) is 4.71. The Morgan fingerprint density at radius 1 is 1.25 bits per heavy atom. The van der Waals surface area contributed by atoms with Crippen LogP contribution in [0.2, 0.25) is 0 Å². The summed E-state index contributed by atoms with van der Waals surface area (Å²) >= 11 is 0. The van der Waals surface area contributed by atoms with Gasteiger partial charge in [0.2, 0.25) is 0 Å².